The first-order chi connectivity index (χ1) is 7.88. The molecule has 2 rings (SSSR count). The quantitative estimate of drug-likeness (QED) is 0.788. The molecule has 0 amide bonds. The number of aromatic nitrogens is 2. The number of aryl methyl sites for hydroxylation is 1. The van der Waals surface area contributed by atoms with Crippen LogP contribution in [0.1, 0.15) is 12.5 Å². The molecule has 5 nitrogen and oxygen atoms in total. The molecule has 0 radical (unpaired) electrons. The number of rotatable bonds is 5. The fraction of sp³-hybridized carbons (Fsp3) is 0.727. The van der Waals surface area contributed by atoms with Gasteiger partial charge in [-0.15, -0.1) is 0 Å². The lowest BCUT2D eigenvalue weighted by Gasteiger charge is -2.23. The van der Waals surface area contributed by atoms with Crippen molar-refractivity contribution in [3.63, 3.8) is 0 Å². The van der Waals surface area contributed by atoms with E-state index in [-0.39, 0.29) is 6.10 Å². The Morgan fingerprint density at radius 2 is 2.62 bits per heavy atom. The fourth-order valence-electron chi connectivity index (χ4n) is 1.69. The average Bonchev–Trinajstić information content (AvgIpc) is 2.78. The van der Waals surface area contributed by atoms with Crippen LogP contribution < -0.4 is 5.32 Å². The number of ether oxygens (including phenoxy) is 2. The van der Waals surface area contributed by atoms with Gasteiger partial charge in [0.2, 0.25) is 0 Å². The molecule has 0 aromatic carbocycles. The van der Waals surface area contributed by atoms with Crippen molar-refractivity contribution < 1.29 is 9.47 Å². The lowest BCUT2D eigenvalue weighted by Crippen LogP contribution is -2.40. The molecular formula is C11H19N3O2. The molecule has 1 saturated heterocycles. The smallest absolute Gasteiger partial charge is 0.0933 e. The number of hydrogen-bond acceptors (Lipinski definition) is 4. The zero-order valence-electron chi connectivity index (χ0n) is 9.69. The summed E-state index contributed by atoms with van der Waals surface area (Å²) in [5.74, 6) is 0. The van der Waals surface area contributed by atoms with Crippen LogP contribution >= 0.6 is 0 Å². The van der Waals surface area contributed by atoms with Crippen LogP contribution in [0.15, 0.2) is 12.4 Å². The molecular weight excluding hydrogens is 206 g/mol. The average molecular weight is 225 g/mol. The monoisotopic (exact) mass is 225 g/mol. The molecule has 1 N–H and O–H groups in total. The van der Waals surface area contributed by atoms with Crippen LogP contribution in [0.3, 0.4) is 0 Å². The van der Waals surface area contributed by atoms with Crippen LogP contribution in [0, 0.1) is 0 Å². The van der Waals surface area contributed by atoms with E-state index in [4.69, 9.17) is 9.47 Å². The Labute approximate surface area is 95.7 Å². The molecule has 1 aliphatic heterocycles. The first-order valence-electron chi connectivity index (χ1n) is 5.80. The van der Waals surface area contributed by atoms with Crippen molar-refractivity contribution in [1.29, 1.82) is 0 Å². The minimum absolute atomic E-state index is 0.190. The standard InChI is InChI=1S/C11H19N3O2/c1-2-14-7-10(5-13-14)8-15-9-11-6-12-3-4-16-11/h5,7,11-12H,2-4,6,8-9H2,1H3. The summed E-state index contributed by atoms with van der Waals surface area (Å²) in [4.78, 5) is 0. The van der Waals surface area contributed by atoms with Crippen molar-refractivity contribution in [2.24, 2.45) is 0 Å². The van der Waals surface area contributed by atoms with Gasteiger partial charge in [0.25, 0.3) is 0 Å². The van der Waals surface area contributed by atoms with Crippen molar-refractivity contribution in [3.8, 4) is 0 Å². The van der Waals surface area contributed by atoms with E-state index < -0.39 is 0 Å². The predicted octanol–water partition coefficient (Wildman–Crippen LogP) is 0.408. The maximum Gasteiger partial charge on any atom is 0.0933 e. The third-order valence-electron chi connectivity index (χ3n) is 2.59. The van der Waals surface area contributed by atoms with Gasteiger partial charge in [-0.3, -0.25) is 4.68 Å². The predicted molar refractivity (Wildman–Crippen MR) is 60.2 cm³/mol. The molecule has 1 atom stereocenters. The topological polar surface area (TPSA) is 48.3 Å². The molecule has 0 aliphatic carbocycles. The summed E-state index contributed by atoms with van der Waals surface area (Å²) in [5.41, 5.74) is 1.12. The number of nitrogens with zero attached hydrogens (tertiary/aromatic N) is 2. The van der Waals surface area contributed by atoms with Gasteiger partial charge in [0.05, 0.1) is 32.1 Å². The summed E-state index contributed by atoms with van der Waals surface area (Å²) < 4.78 is 13.0. The molecule has 1 aliphatic rings. The van der Waals surface area contributed by atoms with Gasteiger partial charge < -0.3 is 14.8 Å². The first kappa shape index (κ1) is 11.6. The highest BCUT2D eigenvalue weighted by atomic mass is 16.5. The Hall–Kier alpha value is -0.910. The normalized spacial score (nSPS) is 21.2. The third kappa shape index (κ3) is 3.30. The van der Waals surface area contributed by atoms with Crippen LogP contribution in [0.4, 0.5) is 0 Å². The summed E-state index contributed by atoms with van der Waals surface area (Å²) in [6, 6.07) is 0. The molecule has 0 spiro atoms. The van der Waals surface area contributed by atoms with Crippen molar-refractivity contribution in [2.45, 2.75) is 26.2 Å². The highest BCUT2D eigenvalue weighted by Gasteiger charge is 2.13. The number of morpholine rings is 1. The van der Waals surface area contributed by atoms with Crippen molar-refractivity contribution in [1.82, 2.24) is 15.1 Å². The Bertz CT molecular complexity index is 308. The van der Waals surface area contributed by atoms with Gasteiger partial charge in [-0.2, -0.15) is 5.10 Å². The summed E-state index contributed by atoms with van der Waals surface area (Å²) in [6.07, 6.45) is 4.05. The maximum absolute atomic E-state index is 5.60. The third-order valence-corrected chi connectivity index (χ3v) is 2.59. The Kier molecular flexibility index (Phi) is 4.33. The van der Waals surface area contributed by atoms with Gasteiger partial charge >= 0.3 is 0 Å². The van der Waals surface area contributed by atoms with Gasteiger partial charge in [0, 0.05) is 31.4 Å². The van der Waals surface area contributed by atoms with E-state index in [1.54, 1.807) is 0 Å². The van der Waals surface area contributed by atoms with Gasteiger partial charge in [0.1, 0.15) is 0 Å². The van der Waals surface area contributed by atoms with E-state index in [0.717, 1.165) is 31.8 Å². The molecule has 1 unspecified atom stereocenters. The summed E-state index contributed by atoms with van der Waals surface area (Å²) >= 11 is 0. The summed E-state index contributed by atoms with van der Waals surface area (Å²) in [6.45, 7) is 6.83. The molecule has 1 fully saturated rings. The minimum atomic E-state index is 0.190. The van der Waals surface area contributed by atoms with Gasteiger partial charge in [-0.25, -0.2) is 0 Å². The van der Waals surface area contributed by atoms with Crippen molar-refractivity contribution >= 4 is 0 Å². The van der Waals surface area contributed by atoms with E-state index in [2.05, 4.69) is 17.3 Å². The molecule has 90 valence electrons. The Morgan fingerprint density at radius 1 is 1.69 bits per heavy atom. The number of nitrogens with one attached hydrogen (secondary N) is 1. The molecule has 5 heteroatoms. The molecule has 2 heterocycles. The van der Waals surface area contributed by atoms with Crippen LogP contribution in [-0.2, 0) is 22.6 Å². The van der Waals surface area contributed by atoms with E-state index in [1.807, 2.05) is 17.1 Å². The minimum Gasteiger partial charge on any atom is -0.374 e. The Morgan fingerprint density at radius 3 is 3.31 bits per heavy atom. The fourth-order valence-corrected chi connectivity index (χ4v) is 1.69. The molecule has 0 saturated carbocycles. The largest absolute Gasteiger partial charge is 0.374 e. The zero-order chi connectivity index (χ0) is 11.2. The van der Waals surface area contributed by atoms with Crippen LogP contribution in [0.25, 0.3) is 0 Å². The van der Waals surface area contributed by atoms with E-state index in [1.165, 1.54) is 0 Å². The second kappa shape index (κ2) is 5.98. The van der Waals surface area contributed by atoms with Gasteiger partial charge in [-0.05, 0) is 6.92 Å². The number of hydrogen-bond donors (Lipinski definition) is 1. The van der Waals surface area contributed by atoms with Crippen LogP contribution in [0.2, 0.25) is 0 Å². The van der Waals surface area contributed by atoms with Crippen LogP contribution in [0.5, 0.6) is 0 Å². The summed E-state index contributed by atoms with van der Waals surface area (Å²) in [7, 11) is 0. The van der Waals surface area contributed by atoms with E-state index in [9.17, 15) is 0 Å². The zero-order valence-corrected chi connectivity index (χ0v) is 9.69. The van der Waals surface area contributed by atoms with E-state index >= 15 is 0 Å². The molecule has 1 aromatic rings. The van der Waals surface area contributed by atoms with Gasteiger partial charge in [-0.1, -0.05) is 0 Å². The molecule has 1 aromatic heterocycles. The maximum atomic E-state index is 5.60. The lowest BCUT2D eigenvalue weighted by atomic mass is 10.3. The van der Waals surface area contributed by atoms with E-state index in [0.29, 0.717) is 13.2 Å². The van der Waals surface area contributed by atoms with Gasteiger partial charge in [0.15, 0.2) is 0 Å². The second-order valence-corrected chi connectivity index (χ2v) is 3.92. The Balaban J connectivity index is 1.66. The lowest BCUT2D eigenvalue weighted by molar-refractivity contribution is -0.0357. The highest BCUT2D eigenvalue weighted by molar-refractivity contribution is 5.01. The van der Waals surface area contributed by atoms with Crippen molar-refractivity contribution in [3.05, 3.63) is 18.0 Å². The first-order valence-corrected chi connectivity index (χ1v) is 5.80. The SMILES string of the molecule is CCn1cc(COCC2CNCCO2)cn1. The summed E-state index contributed by atoms with van der Waals surface area (Å²) in [5, 5.41) is 7.47. The van der Waals surface area contributed by atoms with Crippen LogP contribution in [-0.4, -0.2) is 42.2 Å². The van der Waals surface area contributed by atoms with Crippen molar-refractivity contribution in [2.75, 3.05) is 26.3 Å². The highest BCUT2D eigenvalue weighted by Crippen LogP contribution is 2.02. The molecule has 16 heavy (non-hydrogen) atoms. The molecule has 0 bridgehead atoms. The second-order valence-electron chi connectivity index (χ2n) is 3.92.